The Hall–Kier alpha value is -0.210. The summed E-state index contributed by atoms with van der Waals surface area (Å²) in [5, 5.41) is 1.97. The second-order valence-electron chi connectivity index (χ2n) is 2.21. The molecule has 0 spiro atoms. The minimum Gasteiger partial charge on any atom is -0.137 e. The molecule has 1 heterocycles. The van der Waals surface area contributed by atoms with Gasteiger partial charge in [-0.05, 0) is 30.4 Å². The summed E-state index contributed by atoms with van der Waals surface area (Å²) in [5.74, 6) is 0. The van der Waals surface area contributed by atoms with Gasteiger partial charge in [-0.2, -0.15) is 0 Å². The fourth-order valence-corrected chi connectivity index (χ4v) is 1.74. The molecule has 0 amide bonds. The smallest absolute Gasteiger partial charge is 0.0603 e. The molecule has 0 aromatic carbocycles. The van der Waals surface area contributed by atoms with Crippen molar-refractivity contribution in [3.05, 3.63) is 29.1 Å². The molecule has 0 saturated heterocycles. The Morgan fingerprint density at radius 3 is 3.30 bits per heavy atom. The van der Waals surface area contributed by atoms with Crippen molar-refractivity contribution in [1.29, 1.82) is 0 Å². The van der Waals surface area contributed by atoms with E-state index in [1.165, 1.54) is 0 Å². The molecule has 0 aliphatic heterocycles. The lowest BCUT2D eigenvalue weighted by molar-refractivity contribution is 1.14. The first-order valence-electron chi connectivity index (χ1n) is 3.99. The molecule has 1 aromatic rings. The third-order valence-corrected chi connectivity index (χ3v) is 2.54. The van der Waals surface area contributed by atoms with Crippen LogP contribution in [0.1, 0.15) is 15.2 Å². The molecule has 10 heavy (non-hydrogen) atoms. The summed E-state index contributed by atoms with van der Waals surface area (Å²) in [7, 11) is 0. The van der Waals surface area contributed by atoms with Gasteiger partial charge in [0.1, 0.15) is 0 Å². The first-order valence-corrected chi connectivity index (χ1v) is 4.32. The summed E-state index contributed by atoms with van der Waals surface area (Å²) in [6.45, 7) is 1.72. The Balaban J connectivity index is 2.78. The van der Waals surface area contributed by atoms with Crippen LogP contribution in [0.3, 0.4) is 0 Å². The van der Waals surface area contributed by atoms with E-state index >= 15 is 0 Å². The Morgan fingerprint density at radius 2 is 2.80 bits per heavy atom. The van der Waals surface area contributed by atoms with Gasteiger partial charge in [-0.3, -0.25) is 0 Å². The lowest BCUT2D eigenvalue weighted by Gasteiger charge is -1.95. The third-order valence-electron chi connectivity index (χ3n) is 1.18. The average molecular weight is 172 g/mol. The van der Waals surface area contributed by atoms with Gasteiger partial charge < -0.3 is 0 Å². The second-order valence-corrected chi connectivity index (χ2v) is 3.87. The molecule has 1 rings (SSSR count). The van der Waals surface area contributed by atoms with E-state index in [0.29, 0.717) is 6.42 Å². The molecule has 0 radical (unpaired) electrons. The van der Waals surface area contributed by atoms with Crippen LogP contribution in [0.5, 0.6) is 0 Å². The largest absolute Gasteiger partial charge is 0.137 e. The highest BCUT2D eigenvalue weighted by Crippen LogP contribution is 2.22. The molecular weight excluding hydrogens is 160 g/mol. The average Bonchev–Trinajstić information content (AvgIpc) is 2.36. The first-order chi connectivity index (χ1) is 5.61. The standard InChI is InChI=1S/C8H10S2/c1-6(2)5-7-3-4-10-8(7)9/h3-4,9H,1,5H2,2H3/i1D2. The van der Waals surface area contributed by atoms with Crippen LogP contribution in [-0.4, -0.2) is 0 Å². The van der Waals surface area contributed by atoms with Crippen molar-refractivity contribution in [2.75, 3.05) is 0 Å². The van der Waals surface area contributed by atoms with Crippen LogP contribution in [0.4, 0.5) is 0 Å². The molecule has 0 aliphatic carbocycles. The molecule has 2 heteroatoms. The van der Waals surface area contributed by atoms with Gasteiger partial charge in [0.05, 0.1) is 6.95 Å². The van der Waals surface area contributed by atoms with Crippen molar-refractivity contribution < 1.29 is 2.74 Å². The third kappa shape index (κ3) is 1.89. The van der Waals surface area contributed by atoms with Gasteiger partial charge in [0.25, 0.3) is 0 Å². The van der Waals surface area contributed by atoms with E-state index in [2.05, 4.69) is 12.6 Å². The van der Waals surface area contributed by atoms with Crippen LogP contribution >= 0.6 is 24.0 Å². The van der Waals surface area contributed by atoms with E-state index in [1.807, 2.05) is 11.4 Å². The molecule has 0 bridgehead atoms. The van der Waals surface area contributed by atoms with Gasteiger partial charge in [0, 0.05) is 0 Å². The number of hydrogen-bond acceptors (Lipinski definition) is 2. The summed E-state index contributed by atoms with van der Waals surface area (Å²) >= 11 is 5.84. The van der Waals surface area contributed by atoms with Crippen molar-refractivity contribution in [1.82, 2.24) is 0 Å². The highest BCUT2D eigenvalue weighted by atomic mass is 32.2. The second kappa shape index (κ2) is 3.26. The SMILES string of the molecule is [2H]C([2H])=C(C)Cc1ccsc1S. The number of thiol groups is 1. The van der Waals surface area contributed by atoms with Crippen molar-refractivity contribution >= 4 is 24.0 Å². The van der Waals surface area contributed by atoms with Crippen molar-refractivity contribution in [3.8, 4) is 0 Å². The maximum Gasteiger partial charge on any atom is 0.0603 e. The van der Waals surface area contributed by atoms with Gasteiger partial charge in [-0.25, -0.2) is 0 Å². The molecule has 0 nitrogen and oxygen atoms in total. The Labute approximate surface area is 73.8 Å². The molecule has 0 aliphatic rings. The molecule has 0 saturated carbocycles. The van der Waals surface area contributed by atoms with E-state index in [-0.39, 0.29) is 6.53 Å². The fraction of sp³-hybridized carbons (Fsp3) is 0.250. The number of thiophene rings is 1. The quantitative estimate of drug-likeness (QED) is 0.514. The summed E-state index contributed by atoms with van der Waals surface area (Å²) in [4.78, 5) is 0. The van der Waals surface area contributed by atoms with Crippen LogP contribution in [0.25, 0.3) is 0 Å². The molecule has 0 unspecified atom stereocenters. The zero-order chi connectivity index (χ0) is 9.14. The Morgan fingerprint density at radius 1 is 2.00 bits per heavy atom. The van der Waals surface area contributed by atoms with E-state index in [4.69, 9.17) is 2.74 Å². The number of hydrogen-bond donors (Lipinski definition) is 1. The molecule has 1 aromatic heterocycles. The number of rotatable bonds is 2. The van der Waals surface area contributed by atoms with Crippen LogP contribution < -0.4 is 0 Å². The van der Waals surface area contributed by atoms with Crippen LogP contribution in [0.15, 0.2) is 27.8 Å². The molecule has 54 valence electrons. The molecular formula is C8H10S2. The monoisotopic (exact) mass is 172 g/mol. The van der Waals surface area contributed by atoms with E-state index in [0.717, 1.165) is 15.3 Å². The van der Waals surface area contributed by atoms with Crippen LogP contribution in [0.2, 0.25) is 0 Å². The molecule has 0 fully saturated rings. The number of allylic oxidation sites excluding steroid dienone is 1. The maximum absolute atomic E-state index is 7.08. The summed E-state index contributed by atoms with van der Waals surface area (Å²) < 4.78 is 15.1. The minimum atomic E-state index is -0.0890. The normalized spacial score (nSPS) is 12.2. The summed E-state index contributed by atoms with van der Waals surface area (Å²) in [6, 6.07) is 1.99. The van der Waals surface area contributed by atoms with Crippen molar-refractivity contribution in [3.63, 3.8) is 0 Å². The van der Waals surface area contributed by atoms with E-state index in [1.54, 1.807) is 18.3 Å². The molecule has 0 N–H and O–H groups in total. The van der Waals surface area contributed by atoms with Crippen LogP contribution in [-0.2, 0) is 6.42 Å². The molecule has 0 atom stereocenters. The first kappa shape index (κ1) is 5.44. The fourth-order valence-electron chi connectivity index (χ4n) is 0.748. The predicted molar refractivity (Wildman–Crippen MR) is 50.1 cm³/mol. The zero-order valence-electron chi connectivity index (χ0n) is 7.72. The maximum atomic E-state index is 7.08. The Bertz CT molecular complexity index is 298. The van der Waals surface area contributed by atoms with Gasteiger partial charge in [0.15, 0.2) is 0 Å². The highest BCUT2D eigenvalue weighted by molar-refractivity contribution is 7.82. The minimum absolute atomic E-state index is 0.0890. The van der Waals surface area contributed by atoms with Crippen LogP contribution in [0, 0.1) is 0 Å². The van der Waals surface area contributed by atoms with E-state index in [9.17, 15) is 0 Å². The lowest BCUT2D eigenvalue weighted by Crippen LogP contribution is -1.81. The lowest BCUT2D eigenvalue weighted by atomic mass is 10.1. The summed E-state index contributed by atoms with van der Waals surface area (Å²) in [5.41, 5.74) is 1.89. The highest BCUT2D eigenvalue weighted by Gasteiger charge is 1.98. The van der Waals surface area contributed by atoms with Gasteiger partial charge >= 0.3 is 0 Å². The Kier molecular flexibility index (Phi) is 1.77. The van der Waals surface area contributed by atoms with Crippen molar-refractivity contribution in [2.24, 2.45) is 0 Å². The van der Waals surface area contributed by atoms with E-state index < -0.39 is 0 Å². The van der Waals surface area contributed by atoms with Gasteiger partial charge in [-0.15, -0.1) is 24.0 Å². The van der Waals surface area contributed by atoms with Crippen molar-refractivity contribution in [2.45, 2.75) is 17.6 Å². The van der Waals surface area contributed by atoms with Gasteiger partial charge in [0.2, 0.25) is 0 Å². The predicted octanol–water partition coefficient (Wildman–Crippen LogP) is 3.16. The topological polar surface area (TPSA) is 0 Å². The summed E-state index contributed by atoms with van der Waals surface area (Å²) in [6.07, 6.45) is 0.671. The zero-order valence-corrected chi connectivity index (χ0v) is 7.43. The van der Waals surface area contributed by atoms with Gasteiger partial charge in [-0.1, -0.05) is 12.1 Å².